The summed E-state index contributed by atoms with van der Waals surface area (Å²) in [4.78, 5) is 4.98. The fourth-order valence-electron chi connectivity index (χ4n) is 1.87. The quantitative estimate of drug-likeness (QED) is 0.503. The van der Waals surface area contributed by atoms with E-state index in [1.165, 1.54) is 31.9 Å². The van der Waals surface area contributed by atoms with Gasteiger partial charge in [-0.25, -0.2) is 4.98 Å². The Bertz CT molecular complexity index is 242. The number of hydrogen-bond acceptors (Lipinski definition) is 0. The minimum Gasteiger partial charge on any atom is -0.337 e. The highest BCUT2D eigenvalue weighted by Gasteiger charge is 2.17. The number of rotatable bonds is 2. The third-order valence-electron chi connectivity index (χ3n) is 2.62. The van der Waals surface area contributed by atoms with Crippen molar-refractivity contribution in [1.29, 1.82) is 0 Å². The minimum atomic E-state index is 1.15. The second-order valence-electron chi connectivity index (χ2n) is 3.68. The van der Waals surface area contributed by atoms with Gasteiger partial charge >= 0.3 is 0 Å². The molecule has 2 heterocycles. The standard InChI is InChI=1S/C10H15N3/c1-2-4-12-10(3-1)9-13-7-5-11-6-8-13/h1-4,11H,5-9H2/p+3. The molecule has 1 fully saturated rings. The Balaban J connectivity index is 1.90. The Labute approximate surface area is 78.8 Å². The second kappa shape index (κ2) is 4.35. The third kappa shape index (κ3) is 2.50. The summed E-state index contributed by atoms with van der Waals surface area (Å²) in [5.74, 6) is 0. The third-order valence-corrected chi connectivity index (χ3v) is 2.62. The zero-order chi connectivity index (χ0) is 8.93. The van der Waals surface area contributed by atoms with Crippen molar-refractivity contribution in [3.8, 4) is 0 Å². The molecule has 1 aliphatic rings. The van der Waals surface area contributed by atoms with Crippen LogP contribution in [0, 0.1) is 0 Å². The Hall–Kier alpha value is -0.930. The van der Waals surface area contributed by atoms with E-state index in [2.05, 4.69) is 22.4 Å². The summed E-state index contributed by atoms with van der Waals surface area (Å²) in [5, 5.41) is 2.40. The highest BCUT2D eigenvalue weighted by molar-refractivity contribution is 4.94. The highest BCUT2D eigenvalue weighted by atomic mass is 15.2. The first-order valence-electron chi connectivity index (χ1n) is 5.06. The molecule has 1 saturated heterocycles. The van der Waals surface area contributed by atoms with Crippen LogP contribution in [-0.2, 0) is 6.54 Å². The normalized spacial score (nSPS) is 18.8. The first-order chi connectivity index (χ1) is 6.45. The number of aromatic nitrogens is 1. The molecule has 1 aliphatic heterocycles. The summed E-state index contributed by atoms with van der Waals surface area (Å²) in [6, 6.07) is 6.30. The Morgan fingerprint density at radius 2 is 2.15 bits per heavy atom. The van der Waals surface area contributed by atoms with Crippen molar-refractivity contribution in [3.05, 3.63) is 30.1 Å². The lowest BCUT2D eigenvalue weighted by molar-refractivity contribution is -0.960. The number of nitrogens with one attached hydrogen (secondary N) is 2. The largest absolute Gasteiger partial charge is 0.337 e. The molecule has 70 valence electrons. The van der Waals surface area contributed by atoms with Crippen LogP contribution in [0.2, 0.25) is 0 Å². The van der Waals surface area contributed by atoms with Crippen molar-refractivity contribution in [2.45, 2.75) is 6.54 Å². The van der Waals surface area contributed by atoms with Crippen LogP contribution in [0.25, 0.3) is 0 Å². The van der Waals surface area contributed by atoms with E-state index >= 15 is 0 Å². The molecule has 2 rings (SSSR count). The lowest BCUT2D eigenvalue weighted by Crippen LogP contribution is -3.19. The molecule has 0 atom stereocenters. The number of H-pyrrole nitrogens is 1. The number of nitrogens with two attached hydrogens (primary N) is 1. The number of pyridine rings is 1. The van der Waals surface area contributed by atoms with Crippen molar-refractivity contribution in [2.75, 3.05) is 26.2 Å². The molecule has 0 amide bonds. The smallest absolute Gasteiger partial charge is 0.234 e. The second-order valence-corrected chi connectivity index (χ2v) is 3.68. The molecule has 3 heteroatoms. The molecule has 0 bridgehead atoms. The van der Waals surface area contributed by atoms with Gasteiger partial charge in [0.2, 0.25) is 5.69 Å². The summed E-state index contributed by atoms with van der Waals surface area (Å²) in [7, 11) is 0. The van der Waals surface area contributed by atoms with Gasteiger partial charge in [0.15, 0.2) is 12.7 Å². The van der Waals surface area contributed by atoms with E-state index in [1.54, 1.807) is 4.90 Å². The molecule has 3 nitrogen and oxygen atoms in total. The summed E-state index contributed by atoms with van der Waals surface area (Å²) in [6.07, 6.45) is 2.00. The monoisotopic (exact) mass is 180 g/mol. The average Bonchev–Trinajstić information content (AvgIpc) is 2.21. The molecular formula is C10H18N3+3. The summed E-state index contributed by atoms with van der Waals surface area (Å²) in [5.41, 5.74) is 1.35. The van der Waals surface area contributed by atoms with Crippen molar-refractivity contribution in [3.63, 3.8) is 0 Å². The molecule has 4 N–H and O–H groups in total. The van der Waals surface area contributed by atoms with Crippen LogP contribution in [0.15, 0.2) is 24.4 Å². The van der Waals surface area contributed by atoms with E-state index in [9.17, 15) is 0 Å². The van der Waals surface area contributed by atoms with Crippen LogP contribution in [-0.4, -0.2) is 26.2 Å². The zero-order valence-corrected chi connectivity index (χ0v) is 7.92. The Kier molecular flexibility index (Phi) is 2.90. The maximum atomic E-state index is 3.28. The number of aromatic amines is 1. The van der Waals surface area contributed by atoms with E-state index in [4.69, 9.17) is 0 Å². The van der Waals surface area contributed by atoms with Gasteiger partial charge in [-0.15, -0.1) is 0 Å². The van der Waals surface area contributed by atoms with Crippen LogP contribution >= 0.6 is 0 Å². The molecular weight excluding hydrogens is 162 g/mol. The topological polar surface area (TPSA) is 35.2 Å². The first-order valence-corrected chi connectivity index (χ1v) is 5.06. The van der Waals surface area contributed by atoms with Gasteiger partial charge < -0.3 is 10.2 Å². The van der Waals surface area contributed by atoms with Crippen molar-refractivity contribution < 1.29 is 15.2 Å². The molecule has 1 aromatic rings. The van der Waals surface area contributed by atoms with Crippen molar-refractivity contribution in [2.24, 2.45) is 0 Å². The molecule has 0 aliphatic carbocycles. The van der Waals surface area contributed by atoms with E-state index in [0.29, 0.717) is 0 Å². The Morgan fingerprint density at radius 3 is 2.85 bits per heavy atom. The summed E-state index contributed by atoms with van der Waals surface area (Å²) >= 11 is 0. The fourth-order valence-corrected chi connectivity index (χ4v) is 1.87. The van der Waals surface area contributed by atoms with Gasteiger partial charge in [0.1, 0.15) is 26.2 Å². The van der Waals surface area contributed by atoms with Gasteiger partial charge in [-0.2, -0.15) is 0 Å². The van der Waals surface area contributed by atoms with E-state index in [1.807, 2.05) is 12.3 Å². The van der Waals surface area contributed by atoms with Gasteiger partial charge in [0.25, 0.3) is 0 Å². The Morgan fingerprint density at radius 1 is 1.31 bits per heavy atom. The van der Waals surface area contributed by atoms with Crippen molar-refractivity contribution >= 4 is 0 Å². The van der Waals surface area contributed by atoms with Crippen LogP contribution < -0.4 is 15.2 Å². The zero-order valence-electron chi connectivity index (χ0n) is 7.92. The number of hydrogen-bond donors (Lipinski definition) is 2. The molecule has 0 aromatic carbocycles. The molecule has 13 heavy (non-hydrogen) atoms. The molecule has 1 aromatic heterocycles. The molecule has 0 saturated carbocycles. The van der Waals surface area contributed by atoms with Crippen LogP contribution in [0.5, 0.6) is 0 Å². The molecule has 0 spiro atoms. The van der Waals surface area contributed by atoms with Gasteiger partial charge in [0.05, 0.1) is 0 Å². The lowest BCUT2D eigenvalue weighted by atomic mass is 10.3. The van der Waals surface area contributed by atoms with Crippen molar-refractivity contribution in [1.82, 2.24) is 0 Å². The molecule has 0 unspecified atom stereocenters. The SMILES string of the molecule is c1ccc(C[NH+]2CC[NH2+]CC2)[nH+]c1. The predicted octanol–water partition coefficient (Wildman–Crippen LogP) is -2.54. The fraction of sp³-hybridized carbons (Fsp3) is 0.500. The summed E-state index contributed by atoms with van der Waals surface area (Å²) < 4.78 is 0. The lowest BCUT2D eigenvalue weighted by Gasteiger charge is -2.20. The molecule has 0 radical (unpaired) electrons. The van der Waals surface area contributed by atoms with Gasteiger partial charge in [-0.3, -0.25) is 0 Å². The number of piperazine rings is 1. The van der Waals surface area contributed by atoms with Gasteiger partial charge in [-0.05, 0) is 6.07 Å². The predicted molar refractivity (Wildman–Crippen MR) is 49.1 cm³/mol. The van der Waals surface area contributed by atoms with Crippen LogP contribution in [0.4, 0.5) is 0 Å². The first kappa shape index (κ1) is 8.66. The van der Waals surface area contributed by atoms with E-state index < -0.39 is 0 Å². The average molecular weight is 180 g/mol. The van der Waals surface area contributed by atoms with Gasteiger partial charge in [-0.1, -0.05) is 0 Å². The summed E-state index contributed by atoms with van der Waals surface area (Å²) in [6.45, 7) is 6.30. The van der Waals surface area contributed by atoms with E-state index in [-0.39, 0.29) is 0 Å². The minimum absolute atomic E-state index is 1.15. The maximum absolute atomic E-state index is 3.28. The number of quaternary nitrogens is 2. The highest BCUT2D eigenvalue weighted by Crippen LogP contribution is 1.83. The maximum Gasteiger partial charge on any atom is 0.234 e. The van der Waals surface area contributed by atoms with Gasteiger partial charge in [0, 0.05) is 12.1 Å². The van der Waals surface area contributed by atoms with E-state index in [0.717, 1.165) is 6.54 Å². The van der Waals surface area contributed by atoms with Crippen LogP contribution in [0.1, 0.15) is 5.69 Å². The van der Waals surface area contributed by atoms with Crippen LogP contribution in [0.3, 0.4) is 0 Å².